The Morgan fingerprint density at radius 3 is 2.58 bits per heavy atom. The average molecular weight is 478 g/mol. The number of thiocarbonyl (C=S) groups is 1. The minimum Gasteiger partial charge on any atom is -0.507 e. The highest BCUT2D eigenvalue weighted by molar-refractivity contribution is 14.1. The molecule has 1 saturated heterocycles. The molecule has 0 bridgehead atoms. The van der Waals surface area contributed by atoms with Crippen molar-refractivity contribution in [3.05, 3.63) is 62.2 Å². The van der Waals surface area contributed by atoms with Crippen molar-refractivity contribution in [1.29, 1.82) is 0 Å². The molecule has 5 nitrogen and oxygen atoms in total. The van der Waals surface area contributed by atoms with E-state index in [1.807, 2.05) is 54.6 Å². The molecule has 1 aliphatic heterocycles. The second kappa shape index (κ2) is 7.16. The van der Waals surface area contributed by atoms with Gasteiger partial charge in [-0.15, -0.1) is 0 Å². The zero-order valence-electron chi connectivity index (χ0n) is 14.0. The maximum atomic E-state index is 13.0. The van der Waals surface area contributed by atoms with Crippen LogP contribution in [-0.2, 0) is 9.59 Å². The van der Waals surface area contributed by atoms with Gasteiger partial charge in [-0.2, -0.15) is 0 Å². The average Bonchev–Trinajstić information content (AvgIpc) is 2.57. The van der Waals surface area contributed by atoms with E-state index >= 15 is 0 Å². The number of hydrogen-bond donors (Lipinski definition) is 2. The third-order valence-corrected chi connectivity index (χ3v) is 5.14. The van der Waals surface area contributed by atoms with Crippen molar-refractivity contribution in [1.82, 2.24) is 5.32 Å². The number of hydrogen-bond acceptors (Lipinski definition) is 4. The van der Waals surface area contributed by atoms with Gasteiger partial charge in [-0.1, -0.05) is 18.2 Å². The number of aromatic hydroxyl groups is 1. The topological polar surface area (TPSA) is 69.6 Å². The summed E-state index contributed by atoms with van der Waals surface area (Å²) < 4.78 is 0.627. The molecule has 0 aliphatic carbocycles. The predicted octanol–water partition coefficient (Wildman–Crippen LogP) is 3.44. The Morgan fingerprint density at radius 1 is 1.15 bits per heavy atom. The summed E-state index contributed by atoms with van der Waals surface area (Å²) in [5.74, 6) is -0.870. The number of halogens is 1. The maximum absolute atomic E-state index is 13.0. The van der Waals surface area contributed by atoms with Crippen molar-refractivity contribution in [3.63, 3.8) is 0 Å². The van der Waals surface area contributed by atoms with E-state index in [1.165, 1.54) is 17.0 Å². The number of phenols is 1. The van der Waals surface area contributed by atoms with E-state index < -0.39 is 11.8 Å². The largest absolute Gasteiger partial charge is 0.507 e. The van der Waals surface area contributed by atoms with Crippen LogP contribution < -0.4 is 10.2 Å². The van der Waals surface area contributed by atoms with Gasteiger partial charge in [-0.05, 0) is 89.6 Å². The first-order chi connectivity index (χ1) is 12.3. The van der Waals surface area contributed by atoms with Crippen LogP contribution in [-0.4, -0.2) is 22.0 Å². The molecule has 2 aromatic carbocycles. The molecule has 132 valence electrons. The molecule has 2 aromatic rings. The summed E-state index contributed by atoms with van der Waals surface area (Å²) >= 11 is 7.22. The molecule has 0 spiro atoms. The first kappa shape index (κ1) is 18.5. The number of nitrogens with zero attached hydrogens (tertiary/aromatic N) is 1. The first-order valence-corrected chi connectivity index (χ1v) is 9.24. The van der Waals surface area contributed by atoms with Gasteiger partial charge >= 0.3 is 0 Å². The Labute approximate surface area is 169 Å². The molecule has 0 aromatic heterocycles. The number of aryl methyl sites for hydroxylation is 2. The minimum absolute atomic E-state index is 0.0130. The molecule has 3 rings (SSSR count). The van der Waals surface area contributed by atoms with Crippen LogP contribution in [0.25, 0.3) is 6.08 Å². The summed E-state index contributed by atoms with van der Waals surface area (Å²) in [6.07, 6.45) is 1.50. The van der Waals surface area contributed by atoms with E-state index in [4.69, 9.17) is 12.2 Å². The van der Waals surface area contributed by atoms with Crippen molar-refractivity contribution in [2.45, 2.75) is 13.8 Å². The highest BCUT2D eigenvalue weighted by atomic mass is 127. The Hall–Kier alpha value is -2.26. The van der Waals surface area contributed by atoms with E-state index in [0.29, 0.717) is 14.8 Å². The lowest BCUT2D eigenvalue weighted by atomic mass is 10.0. The zero-order chi connectivity index (χ0) is 19.0. The fourth-order valence-corrected chi connectivity index (χ4v) is 3.43. The summed E-state index contributed by atoms with van der Waals surface area (Å²) in [5, 5.41) is 12.3. The van der Waals surface area contributed by atoms with Gasteiger partial charge in [0.1, 0.15) is 11.3 Å². The third kappa shape index (κ3) is 3.49. The molecular weight excluding hydrogens is 463 g/mol. The molecule has 7 heteroatoms. The molecular formula is C19H15IN2O3S. The van der Waals surface area contributed by atoms with Crippen molar-refractivity contribution < 1.29 is 14.7 Å². The summed E-state index contributed by atoms with van der Waals surface area (Å²) in [4.78, 5) is 26.7. The van der Waals surface area contributed by atoms with Crippen molar-refractivity contribution >= 4 is 63.5 Å². The van der Waals surface area contributed by atoms with E-state index in [9.17, 15) is 14.7 Å². The molecule has 1 aliphatic rings. The smallest absolute Gasteiger partial charge is 0.270 e. The van der Waals surface area contributed by atoms with Crippen LogP contribution in [0, 0.1) is 17.4 Å². The van der Waals surface area contributed by atoms with Gasteiger partial charge in [-0.3, -0.25) is 19.8 Å². The second-order valence-corrected chi connectivity index (χ2v) is 7.51. The van der Waals surface area contributed by atoms with Crippen LogP contribution in [0.4, 0.5) is 5.69 Å². The van der Waals surface area contributed by atoms with E-state index in [2.05, 4.69) is 5.32 Å². The van der Waals surface area contributed by atoms with E-state index in [1.54, 1.807) is 12.1 Å². The van der Waals surface area contributed by atoms with Gasteiger partial charge in [0.05, 0.1) is 9.26 Å². The number of anilines is 1. The molecule has 0 unspecified atom stereocenters. The van der Waals surface area contributed by atoms with Crippen LogP contribution in [0.2, 0.25) is 0 Å². The standard InChI is InChI=1S/C19H15IN2O3S/c1-10-3-4-11(2)15(7-10)22-18(25)13(17(24)21-19(22)26)8-12-5-6-16(23)14(20)9-12/h3-9,23H,1-2H3,(H,21,24,26)/b13-8-. The van der Waals surface area contributed by atoms with Crippen LogP contribution in [0.5, 0.6) is 5.75 Å². The van der Waals surface area contributed by atoms with Crippen LogP contribution in [0.1, 0.15) is 16.7 Å². The van der Waals surface area contributed by atoms with Gasteiger partial charge in [0.2, 0.25) is 0 Å². The van der Waals surface area contributed by atoms with E-state index in [0.717, 1.165) is 11.1 Å². The van der Waals surface area contributed by atoms with Crippen LogP contribution in [0.15, 0.2) is 42.0 Å². The molecule has 0 saturated carbocycles. The molecule has 26 heavy (non-hydrogen) atoms. The van der Waals surface area contributed by atoms with Gasteiger partial charge in [0.15, 0.2) is 5.11 Å². The third-order valence-electron chi connectivity index (χ3n) is 3.99. The lowest BCUT2D eigenvalue weighted by Crippen LogP contribution is -2.54. The number of rotatable bonds is 2. The minimum atomic E-state index is -0.537. The van der Waals surface area contributed by atoms with Crippen molar-refractivity contribution in [2.24, 2.45) is 0 Å². The Bertz CT molecular complexity index is 985. The highest BCUT2D eigenvalue weighted by Gasteiger charge is 2.35. The van der Waals surface area contributed by atoms with Crippen molar-refractivity contribution in [2.75, 3.05) is 4.90 Å². The molecule has 0 atom stereocenters. The van der Waals surface area contributed by atoms with Crippen LogP contribution in [0.3, 0.4) is 0 Å². The summed E-state index contributed by atoms with van der Waals surface area (Å²) in [6, 6.07) is 10.6. The molecule has 1 fully saturated rings. The van der Waals surface area contributed by atoms with Crippen molar-refractivity contribution in [3.8, 4) is 5.75 Å². The van der Waals surface area contributed by atoms with Gasteiger partial charge in [0.25, 0.3) is 11.8 Å². The Morgan fingerprint density at radius 2 is 1.88 bits per heavy atom. The number of nitrogens with one attached hydrogen (secondary N) is 1. The van der Waals surface area contributed by atoms with Gasteiger partial charge in [-0.25, -0.2) is 0 Å². The number of amides is 2. The lowest BCUT2D eigenvalue weighted by molar-refractivity contribution is -0.122. The molecule has 0 radical (unpaired) electrons. The fourth-order valence-electron chi connectivity index (χ4n) is 2.62. The number of carbonyl (C=O) groups is 2. The summed E-state index contributed by atoms with van der Waals surface area (Å²) in [7, 11) is 0. The predicted molar refractivity (Wildman–Crippen MR) is 113 cm³/mol. The van der Waals surface area contributed by atoms with Gasteiger partial charge in [0, 0.05) is 0 Å². The highest BCUT2D eigenvalue weighted by Crippen LogP contribution is 2.27. The quantitative estimate of drug-likeness (QED) is 0.301. The van der Waals surface area contributed by atoms with Gasteiger partial charge < -0.3 is 5.11 Å². The number of phenolic OH excluding ortho intramolecular Hbond substituents is 1. The van der Waals surface area contributed by atoms with E-state index in [-0.39, 0.29) is 16.4 Å². The number of benzene rings is 2. The maximum Gasteiger partial charge on any atom is 0.270 e. The summed E-state index contributed by atoms with van der Waals surface area (Å²) in [5.41, 5.74) is 3.13. The fraction of sp³-hybridized carbons (Fsp3) is 0.105. The lowest BCUT2D eigenvalue weighted by Gasteiger charge is -2.30. The first-order valence-electron chi connectivity index (χ1n) is 7.75. The molecule has 1 heterocycles. The summed E-state index contributed by atoms with van der Waals surface area (Å²) in [6.45, 7) is 3.81. The second-order valence-electron chi connectivity index (χ2n) is 5.96. The van der Waals surface area contributed by atoms with Crippen LogP contribution >= 0.6 is 34.8 Å². The monoisotopic (exact) mass is 478 g/mol. The Kier molecular flexibility index (Phi) is 5.10. The normalized spacial score (nSPS) is 16.2. The Balaban J connectivity index is 2.07. The number of carbonyl (C=O) groups excluding carboxylic acids is 2. The zero-order valence-corrected chi connectivity index (χ0v) is 17.0. The SMILES string of the molecule is Cc1ccc(C)c(N2C(=O)/C(=C\c3ccc(O)c(I)c3)C(=O)NC2=S)c1. The molecule has 2 amide bonds. The molecule has 2 N–H and O–H groups in total.